The Morgan fingerprint density at radius 2 is 1.93 bits per heavy atom. The molecule has 1 aromatic carbocycles. The molecule has 2 N–H and O–H groups in total. The van der Waals surface area contributed by atoms with Crippen LogP contribution in [0.4, 0.5) is 4.39 Å². The van der Waals surface area contributed by atoms with E-state index in [2.05, 4.69) is 15.5 Å². The van der Waals surface area contributed by atoms with E-state index in [1.807, 2.05) is 0 Å². The lowest BCUT2D eigenvalue weighted by Gasteiger charge is -2.37. The topological polar surface area (TPSA) is 61.4 Å². The summed E-state index contributed by atoms with van der Waals surface area (Å²) < 4.78 is 12.9. The Labute approximate surface area is 160 Å². The molecule has 1 aliphatic carbocycles. The number of carbonyl (C=O) groups excluding carboxylic acids is 2. The molecule has 2 fully saturated rings. The Hall–Kier alpha value is -1.95. The predicted molar refractivity (Wildman–Crippen MR) is 103 cm³/mol. The molecule has 2 amide bonds. The van der Waals surface area contributed by atoms with Gasteiger partial charge in [-0.2, -0.15) is 0 Å². The van der Waals surface area contributed by atoms with Crippen molar-refractivity contribution >= 4 is 11.8 Å². The molecule has 6 heteroatoms. The fourth-order valence-electron chi connectivity index (χ4n) is 4.15. The molecule has 3 rings (SSSR count). The minimum absolute atomic E-state index is 0.0363. The maximum absolute atomic E-state index is 12.9. The Bertz CT molecular complexity index is 629. The van der Waals surface area contributed by atoms with Crippen LogP contribution in [0.3, 0.4) is 0 Å². The third-order valence-electron chi connectivity index (χ3n) is 5.69. The van der Waals surface area contributed by atoms with Gasteiger partial charge in [0, 0.05) is 26.2 Å². The van der Waals surface area contributed by atoms with E-state index < -0.39 is 0 Å². The quantitative estimate of drug-likeness (QED) is 0.768. The minimum atomic E-state index is -0.369. The van der Waals surface area contributed by atoms with Crippen LogP contribution in [-0.2, 0) is 16.0 Å². The summed E-state index contributed by atoms with van der Waals surface area (Å²) in [6.07, 6.45) is 7.18. The second-order valence-electron chi connectivity index (χ2n) is 7.74. The fourth-order valence-corrected chi connectivity index (χ4v) is 4.15. The Morgan fingerprint density at radius 3 is 2.67 bits per heavy atom. The molecule has 0 radical (unpaired) electrons. The average molecular weight is 375 g/mol. The molecule has 1 saturated carbocycles. The highest BCUT2D eigenvalue weighted by Crippen LogP contribution is 2.25. The molecule has 1 unspecified atom stereocenters. The number of amides is 2. The highest BCUT2D eigenvalue weighted by molar-refractivity contribution is 5.88. The van der Waals surface area contributed by atoms with Crippen LogP contribution in [0.1, 0.15) is 44.1 Å². The molecule has 148 valence electrons. The van der Waals surface area contributed by atoms with Crippen LogP contribution >= 0.6 is 0 Å². The van der Waals surface area contributed by atoms with Gasteiger partial charge in [-0.25, -0.2) is 4.39 Å². The second-order valence-corrected chi connectivity index (χ2v) is 7.74. The molecule has 0 spiro atoms. The van der Waals surface area contributed by atoms with Gasteiger partial charge in [-0.05, 0) is 42.9 Å². The summed E-state index contributed by atoms with van der Waals surface area (Å²) in [5.74, 6) is 0.247. The number of nitrogens with one attached hydrogen (secondary N) is 2. The van der Waals surface area contributed by atoms with Crippen LogP contribution in [0.5, 0.6) is 0 Å². The SMILES string of the molecule is O=C(CC1C(=O)NCCN1CC1CCCCC1)NCCc1ccc(F)cc1. The number of carbonyl (C=O) groups is 2. The summed E-state index contributed by atoms with van der Waals surface area (Å²) in [7, 11) is 0. The van der Waals surface area contributed by atoms with Gasteiger partial charge < -0.3 is 10.6 Å². The normalized spacial score (nSPS) is 21.7. The van der Waals surface area contributed by atoms with Gasteiger partial charge >= 0.3 is 0 Å². The summed E-state index contributed by atoms with van der Waals surface area (Å²) in [6.45, 7) is 2.88. The highest BCUT2D eigenvalue weighted by atomic mass is 19.1. The first kappa shape index (κ1) is 19.8. The molecule has 0 aromatic heterocycles. The molecule has 1 aliphatic heterocycles. The maximum Gasteiger partial charge on any atom is 0.237 e. The number of hydrogen-bond donors (Lipinski definition) is 2. The summed E-state index contributed by atoms with van der Waals surface area (Å²) in [4.78, 5) is 26.9. The molecule has 27 heavy (non-hydrogen) atoms. The summed E-state index contributed by atoms with van der Waals surface area (Å²) in [6, 6.07) is 5.93. The highest BCUT2D eigenvalue weighted by Gasteiger charge is 2.33. The largest absolute Gasteiger partial charge is 0.356 e. The minimum Gasteiger partial charge on any atom is -0.356 e. The molecule has 0 bridgehead atoms. The number of halogens is 1. The van der Waals surface area contributed by atoms with Gasteiger partial charge in [-0.3, -0.25) is 14.5 Å². The molecule has 1 aromatic rings. The third-order valence-corrected chi connectivity index (χ3v) is 5.69. The number of rotatable bonds is 7. The summed E-state index contributed by atoms with van der Waals surface area (Å²) in [5, 5.41) is 5.79. The van der Waals surface area contributed by atoms with E-state index >= 15 is 0 Å². The van der Waals surface area contributed by atoms with Crippen molar-refractivity contribution in [2.45, 2.75) is 51.0 Å². The molecule has 1 atom stereocenters. The zero-order chi connectivity index (χ0) is 19.1. The number of benzene rings is 1. The molecule has 5 nitrogen and oxygen atoms in total. The monoisotopic (exact) mass is 375 g/mol. The lowest BCUT2D eigenvalue weighted by atomic mass is 9.88. The van der Waals surface area contributed by atoms with Crippen molar-refractivity contribution in [1.82, 2.24) is 15.5 Å². The van der Waals surface area contributed by atoms with Crippen LogP contribution in [0.2, 0.25) is 0 Å². The molecular formula is C21H30FN3O2. The zero-order valence-electron chi connectivity index (χ0n) is 15.9. The average Bonchev–Trinajstić information content (AvgIpc) is 2.67. The Balaban J connectivity index is 1.47. The summed E-state index contributed by atoms with van der Waals surface area (Å²) >= 11 is 0. The van der Waals surface area contributed by atoms with E-state index in [0.717, 1.165) is 18.7 Å². The lowest BCUT2D eigenvalue weighted by Crippen LogP contribution is -2.57. The van der Waals surface area contributed by atoms with E-state index in [4.69, 9.17) is 0 Å². The third kappa shape index (κ3) is 6.03. The molecular weight excluding hydrogens is 345 g/mol. The number of piperazine rings is 1. The second kappa shape index (κ2) is 9.83. The van der Waals surface area contributed by atoms with Crippen LogP contribution in [-0.4, -0.2) is 48.9 Å². The Kier molecular flexibility index (Phi) is 7.21. The van der Waals surface area contributed by atoms with Crippen LogP contribution in [0, 0.1) is 11.7 Å². The van der Waals surface area contributed by atoms with Crippen molar-refractivity contribution in [3.05, 3.63) is 35.6 Å². The van der Waals surface area contributed by atoms with Crippen molar-refractivity contribution in [2.75, 3.05) is 26.2 Å². The molecule has 1 saturated heterocycles. The molecule has 2 aliphatic rings. The van der Waals surface area contributed by atoms with Gasteiger partial charge in [0.15, 0.2) is 0 Å². The zero-order valence-corrected chi connectivity index (χ0v) is 15.9. The van der Waals surface area contributed by atoms with Crippen molar-refractivity contribution in [2.24, 2.45) is 5.92 Å². The lowest BCUT2D eigenvalue weighted by molar-refractivity contribution is -0.134. The first-order valence-electron chi connectivity index (χ1n) is 10.1. The Morgan fingerprint density at radius 1 is 1.19 bits per heavy atom. The van der Waals surface area contributed by atoms with E-state index in [1.54, 1.807) is 12.1 Å². The van der Waals surface area contributed by atoms with E-state index in [9.17, 15) is 14.0 Å². The van der Waals surface area contributed by atoms with Crippen LogP contribution in [0.15, 0.2) is 24.3 Å². The van der Waals surface area contributed by atoms with Crippen molar-refractivity contribution in [3.63, 3.8) is 0 Å². The van der Waals surface area contributed by atoms with Gasteiger partial charge in [-0.15, -0.1) is 0 Å². The number of nitrogens with zero attached hydrogens (tertiary/aromatic N) is 1. The summed E-state index contributed by atoms with van der Waals surface area (Å²) in [5.41, 5.74) is 0.978. The van der Waals surface area contributed by atoms with Crippen molar-refractivity contribution < 1.29 is 14.0 Å². The van der Waals surface area contributed by atoms with Crippen molar-refractivity contribution in [3.8, 4) is 0 Å². The van der Waals surface area contributed by atoms with Gasteiger partial charge in [-0.1, -0.05) is 31.4 Å². The first-order valence-corrected chi connectivity index (χ1v) is 10.1. The van der Waals surface area contributed by atoms with E-state index in [-0.39, 0.29) is 30.1 Å². The van der Waals surface area contributed by atoms with Crippen molar-refractivity contribution in [1.29, 1.82) is 0 Å². The van der Waals surface area contributed by atoms with Crippen LogP contribution < -0.4 is 10.6 Å². The predicted octanol–water partition coefficient (Wildman–Crippen LogP) is 2.26. The van der Waals surface area contributed by atoms with Gasteiger partial charge in [0.25, 0.3) is 0 Å². The van der Waals surface area contributed by atoms with E-state index in [0.29, 0.717) is 25.4 Å². The van der Waals surface area contributed by atoms with Gasteiger partial charge in [0.05, 0.1) is 12.5 Å². The maximum atomic E-state index is 12.9. The smallest absolute Gasteiger partial charge is 0.237 e. The van der Waals surface area contributed by atoms with Gasteiger partial charge in [0.1, 0.15) is 5.82 Å². The fraction of sp³-hybridized carbons (Fsp3) is 0.619. The van der Waals surface area contributed by atoms with E-state index in [1.165, 1.54) is 44.2 Å². The van der Waals surface area contributed by atoms with Gasteiger partial charge in [0.2, 0.25) is 11.8 Å². The first-order chi connectivity index (χ1) is 13.1. The van der Waals surface area contributed by atoms with Crippen LogP contribution in [0.25, 0.3) is 0 Å². The standard InChI is InChI=1S/C21H30FN3O2/c22-18-8-6-16(7-9-18)10-11-23-20(26)14-19-21(27)24-12-13-25(19)15-17-4-2-1-3-5-17/h6-9,17,19H,1-5,10-15H2,(H,23,26)(H,24,27). The number of hydrogen-bond acceptors (Lipinski definition) is 3. The molecule has 1 heterocycles.